The normalized spacial score (nSPS) is 19.3. The van der Waals surface area contributed by atoms with E-state index in [0.29, 0.717) is 61.2 Å². The van der Waals surface area contributed by atoms with Crippen molar-refractivity contribution in [2.75, 3.05) is 64.3 Å². The summed E-state index contributed by atoms with van der Waals surface area (Å²) in [6.07, 6.45) is 2.13. The third-order valence-corrected chi connectivity index (χ3v) is 13.8. The number of nitrogens with one attached hydrogen (secondary N) is 1. The van der Waals surface area contributed by atoms with Gasteiger partial charge in [-0.25, -0.2) is 4.79 Å². The number of likely N-dealkylation sites (tertiary alicyclic amines) is 1. The van der Waals surface area contributed by atoms with Crippen LogP contribution in [0.1, 0.15) is 83.4 Å². The molecule has 16 nitrogen and oxygen atoms in total. The van der Waals surface area contributed by atoms with Gasteiger partial charge in [0.1, 0.15) is 18.2 Å². The number of imide groups is 1. The van der Waals surface area contributed by atoms with Gasteiger partial charge in [0.2, 0.25) is 17.7 Å². The SMILES string of the molecule is C[C@H](c1cccc(-n2cc3c(C(F)(F)F)cc(CN(C)CCC(=O)N4CCC(CN5CCN(c6ccc7c(c6)CN(C6CCC(=O)NC6=O)C7=O)CC5)CC4)cn3c2=O)c1)c1nncn1C. The molecule has 2 atom stereocenters. The van der Waals surface area contributed by atoms with E-state index in [1.165, 1.54) is 17.0 Å². The molecule has 3 fully saturated rings. The summed E-state index contributed by atoms with van der Waals surface area (Å²) >= 11 is 0. The van der Waals surface area contributed by atoms with E-state index in [2.05, 4.69) is 31.4 Å². The monoisotopic (exact) mass is 909 g/mol. The highest BCUT2D eigenvalue weighted by Gasteiger charge is 2.40. The Bertz CT molecular complexity index is 2730. The number of carbonyl (C=O) groups is 4. The van der Waals surface area contributed by atoms with Crippen molar-refractivity contribution in [3.8, 4) is 5.69 Å². The molecule has 4 aliphatic heterocycles. The highest BCUT2D eigenvalue weighted by molar-refractivity contribution is 6.05. The molecule has 1 unspecified atom stereocenters. The van der Waals surface area contributed by atoms with Gasteiger partial charge in [-0.05, 0) is 85.3 Å². The van der Waals surface area contributed by atoms with Crippen LogP contribution < -0.4 is 15.9 Å². The predicted octanol–water partition coefficient (Wildman–Crippen LogP) is 4.03. The molecule has 0 bridgehead atoms. The number of aryl methyl sites for hydroxylation is 1. The number of hydrogen-bond donors (Lipinski definition) is 1. The van der Waals surface area contributed by atoms with E-state index < -0.39 is 29.4 Å². The number of anilines is 1. The van der Waals surface area contributed by atoms with Gasteiger partial charge in [-0.15, -0.1) is 10.2 Å². The molecule has 66 heavy (non-hydrogen) atoms. The van der Waals surface area contributed by atoms with Crippen LogP contribution in [0, 0.1) is 5.92 Å². The lowest BCUT2D eigenvalue weighted by atomic mass is 9.95. The summed E-state index contributed by atoms with van der Waals surface area (Å²) in [7, 11) is 3.59. The zero-order valence-corrected chi connectivity index (χ0v) is 37.3. The Hall–Kier alpha value is -6.34. The number of piperidine rings is 2. The minimum absolute atomic E-state index is 0.0145. The molecule has 19 heteroatoms. The first-order valence-electron chi connectivity index (χ1n) is 22.6. The number of benzene rings is 2. The summed E-state index contributed by atoms with van der Waals surface area (Å²) < 4.78 is 47.7. The van der Waals surface area contributed by atoms with Gasteiger partial charge in [-0.1, -0.05) is 19.1 Å². The summed E-state index contributed by atoms with van der Waals surface area (Å²) in [6.45, 7) is 8.46. The first kappa shape index (κ1) is 44.8. The second-order valence-corrected chi connectivity index (χ2v) is 18.3. The Morgan fingerprint density at radius 3 is 2.42 bits per heavy atom. The minimum atomic E-state index is -4.71. The number of fused-ring (bicyclic) bond motifs is 2. The Morgan fingerprint density at radius 2 is 1.71 bits per heavy atom. The van der Waals surface area contributed by atoms with Gasteiger partial charge >= 0.3 is 11.9 Å². The Kier molecular flexibility index (Phi) is 12.3. The number of piperazine rings is 1. The van der Waals surface area contributed by atoms with Crippen LogP contribution in [-0.4, -0.2) is 132 Å². The third kappa shape index (κ3) is 9.10. The molecule has 348 valence electrons. The average Bonchev–Trinajstić information content (AvgIpc) is 3.99. The van der Waals surface area contributed by atoms with Gasteiger partial charge in [-0.3, -0.25) is 38.4 Å². The fourth-order valence-corrected chi connectivity index (χ4v) is 10.0. The highest BCUT2D eigenvalue weighted by atomic mass is 19.4. The fraction of sp³-hybridized carbons (Fsp3) is 0.468. The first-order valence-corrected chi connectivity index (χ1v) is 22.6. The molecular formula is C47H54F3N11O5. The maximum absolute atomic E-state index is 14.5. The number of nitrogens with zero attached hydrogens (tertiary/aromatic N) is 10. The second kappa shape index (κ2) is 18.1. The van der Waals surface area contributed by atoms with E-state index in [9.17, 15) is 37.1 Å². The van der Waals surface area contributed by atoms with Gasteiger partial charge in [0.25, 0.3) is 5.91 Å². The molecule has 3 saturated heterocycles. The van der Waals surface area contributed by atoms with Crippen LogP contribution in [-0.2, 0) is 40.7 Å². The largest absolute Gasteiger partial charge is 0.418 e. The number of aromatic nitrogens is 5. The van der Waals surface area contributed by atoms with E-state index in [1.807, 2.05) is 42.0 Å². The number of rotatable bonds is 12. The number of pyridine rings is 1. The smallest absolute Gasteiger partial charge is 0.369 e. The topological polar surface area (TPSA) is 154 Å². The second-order valence-electron chi connectivity index (χ2n) is 18.3. The molecule has 5 aromatic rings. The molecule has 1 N–H and O–H groups in total. The first-order chi connectivity index (χ1) is 31.6. The molecule has 7 heterocycles. The van der Waals surface area contributed by atoms with Gasteiger partial charge in [0.15, 0.2) is 0 Å². The number of alkyl halides is 3. The number of carbonyl (C=O) groups excluding carboxylic acids is 4. The lowest BCUT2D eigenvalue weighted by Gasteiger charge is -2.39. The molecule has 4 aliphatic rings. The van der Waals surface area contributed by atoms with Crippen LogP contribution in [0.25, 0.3) is 11.2 Å². The van der Waals surface area contributed by atoms with Crippen molar-refractivity contribution in [1.82, 2.24) is 48.6 Å². The molecule has 0 spiro atoms. The van der Waals surface area contributed by atoms with Crippen LogP contribution in [0.15, 0.2) is 72.0 Å². The lowest BCUT2D eigenvalue weighted by Crippen LogP contribution is -2.52. The van der Waals surface area contributed by atoms with Crippen LogP contribution in [0.2, 0.25) is 0 Å². The average molecular weight is 910 g/mol. The van der Waals surface area contributed by atoms with Gasteiger partial charge in [0.05, 0.1) is 16.8 Å². The van der Waals surface area contributed by atoms with Crippen molar-refractivity contribution < 1.29 is 32.3 Å². The van der Waals surface area contributed by atoms with Gasteiger partial charge < -0.3 is 24.2 Å². The quantitative estimate of drug-likeness (QED) is 0.182. The Morgan fingerprint density at radius 1 is 0.939 bits per heavy atom. The van der Waals surface area contributed by atoms with Gasteiger partial charge in [0, 0.05) is 115 Å². The number of amides is 4. The van der Waals surface area contributed by atoms with E-state index in [4.69, 9.17) is 0 Å². The molecule has 2 aromatic carbocycles. The number of imidazole rings is 1. The molecule has 3 aromatic heterocycles. The van der Waals surface area contributed by atoms with Gasteiger partial charge in [-0.2, -0.15) is 13.2 Å². The summed E-state index contributed by atoms with van der Waals surface area (Å²) in [4.78, 5) is 74.4. The number of hydrogen-bond acceptors (Lipinski definition) is 10. The Labute approximate surface area is 379 Å². The summed E-state index contributed by atoms with van der Waals surface area (Å²) in [5, 5.41) is 10.5. The highest BCUT2D eigenvalue weighted by Crippen LogP contribution is 2.35. The molecule has 0 saturated carbocycles. The molecule has 9 rings (SSSR count). The zero-order chi connectivity index (χ0) is 46.4. The molecule has 0 aliphatic carbocycles. The van der Waals surface area contributed by atoms with E-state index in [-0.39, 0.29) is 48.5 Å². The van der Waals surface area contributed by atoms with Crippen LogP contribution in [0.5, 0.6) is 0 Å². The maximum Gasteiger partial charge on any atom is 0.418 e. The molecule has 4 amide bonds. The van der Waals surface area contributed by atoms with Crippen molar-refractivity contribution in [3.63, 3.8) is 0 Å². The summed E-state index contributed by atoms with van der Waals surface area (Å²) in [5.41, 5.74) is 2.32. The maximum atomic E-state index is 14.5. The van der Waals surface area contributed by atoms with E-state index >= 15 is 0 Å². The van der Waals surface area contributed by atoms with Crippen molar-refractivity contribution in [1.29, 1.82) is 0 Å². The van der Waals surface area contributed by atoms with Crippen molar-refractivity contribution >= 4 is 34.8 Å². The standard InChI is InChI=1S/C47H54F3N11O5/c1-30(43-53-51-29-55(43)3)33-5-4-6-36(22-33)59-28-40-38(47(48,49)50)21-32(26-61(40)46(59)66)24-54(2)14-13-42(63)58-15-11-31(12-16-58)25-56-17-19-57(20-18-56)35-7-8-37-34(23-35)27-60(45(37)65)39-9-10-41(62)52-44(39)64/h4-8,21-23,26,28-31,39H,9-20,24-25,27H2,1-3H3,(H,52,62,64)/t30-,39?/m1/s1. The van der Waals surface area contributed by atoms with Crippen LogP contribution >= 0.6 is 0 Å². The van der Waals surface area contributed by atoms with Crippen LogP contribution in [0.3, 0.4) is 0 Å². The van der Waals surface area contributed by atoms with Crippen molar-refractivity contribution in [2.45, 2.75) is 70.3 Å². The van der Waals surface area contributed by atoms with Crippen molar-refractivity contribution in [2.24, 2.45) is 13.0 Å². The van der Waals surface area contributed by atoms with Crippen LogP contribution in [0.4, 0.5) is 18.9 Å². The molecular weight excluding hydrogens is 856 g/mol. The fourth-order valence-electron chi connectivity index (χ4n) is 10.0. The summed E-state index contributed by atoms with van der Waals surface area (Å²) in [6, 6.07) is 13.4. The minimum Gasteiger partial charge on any atom is -0.369 e. The predicted molar refractivity (Wildman–Crippen MR) is 238 cm³/mol. The van der Waals surface area contributed by atoms with E-state index in [1.54, 1.807) is 41.0 Å². The molecule has 0 radical (unpaired) electrons. The van der Waals surface area contributed by atoms with E-state index in [0.717, 1.165) is 72.8 Å². The Balaban J connectivity index is 0.747. The summed E-state index contributed by atoms with van der Waals surface area (Å²) in [5.74, 6) is 0.101. The number of halogens is 3. The zero-order valence-electron chi connectivity index (χ0n) is 37.3. The lowest BCUT2D eigenvalue weighted by molar-refractivity contribution is -0.137. The van der Waals surface area contributed by atoms with Crippen molar-refractivity contribution in [3.05, 3.63) is 111 Å². The third-order valence-electron chi connectivity index (χ3n) is 13.8.